The minimum Gasteiger partial charge on any atom is -0.439 e. The molecule has 3 rings (SSSR count). The molecule has 0 amide bonds. The normalized spacial score (nSPS) is 13.8. The van der Waals surface area contributed by atoms with E-state index in [9.17, 15) is 0 Å². The van der Waals surface area contributed by atoms with Crippen molar-refractivity contribution in [2.45, 2.75) is 39.2 Å². The fourth-order valence-corrected chi connectivity index (χ4v) is 2.76. The molecule has 0 saturated carbocycles. The number of aryl methyl sites for hydroxylation is 2. The van der Waals surface area contributed by atoms with Gasteiger partial charge in [0.2, 0.25) is 5.88 Å². The van der Waals surface area contributed by atoms with Crippen LogP contribution in [0, 0.1) is 0 Å². The minimum absolute atomic E-state index is 0.668. The summed E-state index contributed by atoms with van der Waals surface area (Å²) in [5.74, 6) is 1.56. The molecule has 3 nitrogen and oxygen atoms in total. The summed E-state index contributed by atoms with van der Waals surface area (Å²) in [4.78, 5) is 4.53. The van der Waals surface area contributed by atoms with Gasteiger partial charge in [0.25, 0.3) is 0 Å². The Labute approximate surface area is 126 Å². The van der Waals surface area contributed by atoms with E-state index >= 15 is 0 Å². The van der Waals surface area contributed by atoms with Crippen molar-refractivity contribution in [3.05, 3.63) is 53.2 Å². The van der Waals surface area contributed by atoms with Crippen LogP contribution in [0.4, 0.5) is 0 Å². The average molecular weight is 282 g/mol. The second-order valence-electron chi connectivity index (χ2n) is 5.49. The van der Waals surface area contributed by atoms with Gasteiger partial charge in [0.05, 0.1) is 5.69 Å². The van der Waals surface area contributed by atoms with Crippen LogP contribution in [0.3, 0.4) is 0 Å². The summed E-state index contributed by atoms with van der Waals surface area (Å²) in [5.41, 5.74) is 3.91. The summed E-state index contributed by atoms with van der Waals surface area (Å²) in [6.45, 7) is 3.81. The standard InChI is InChI=1S/C18H22N2O/c1-2-19-13-16-8-5-9-18(20-16)21-17-11-10-14-6-3-4-7-15(14)12-17/h5,8-12,19H,2-4,6-7,13H2,1H3. The third kappa shape index (κ3) is 3.61. The van der Waals surface area contributed by atoms with E-state index in [4.69, 9.17) is 4.74 Å². The highest BCUT2D eigenvalue weighted by Crippen LogP contribution is 2.27. The monoisotopic (exact) mass is 282 g/mol. The molecule has 0 saturated heterocycles. The van der Waals surface area contributed by atoms with Crippen LogP contribution < -0.4 is 10.1 Å². The van der Waals surface area contributed by atoms with E-state index in [0.29, 0.717) is 5.88 Å². The van der Waals surface area contributed by atoms with Crippen molar-refractivity contribution >= 4 is 0 Å². The minimum atomic E-state index is 0.668. The smallest absolute Gasteiger partial charge is 0.219 e. The first-order valence-corrected chi connectivity index (χ1v) is 7.81. The van der Waals surface area contributed by atoms with Crippen LogP contribution in [-0.4, -0.2) is 11.5 Å². The molecule has 0 spiro atoms. The predicted octanol–water partition coefficient (Wildman–Crippen LogP) is 3.86. The number of benzene rings is 1. The molecule has 3 heteroatoms. The molecule has 1 aliphatic rings. The number of rotatable bonds is 5. The zero-order chi connectivity index (χ0) is 14.5. The first-order chi connectivity index (χ1) is 10.3. The molecule has 1 aliphatic carbocycles. The summed E-state index contributed by atoms with van der Waals surface area (Å²) in [7, 11) is 0. The Morgan fingerprint density at radius 2 is 1.95 bits per heavy atom. The molecule has 1 aromatic carbocycles. The number of ether oxygens (including phenoxy) is 1. The van der Waals surface area contributed by atoms with Crippen LogP contribution in [0.25, 0.3) is 0 Å². The molecule has 21 heavy (non-hydrogen) atoms. The molecule has 2 aromatic rings. The first kappa shape index (κ1) is 14.1. The Hall–Kier alpha value is -1.87. The van der Waals surface area contributed by atoms with Crippen molar-refractivity contribution in [2.75, 3.05) is 6.54 Å². The van der Waals surface area contributed by atoms with Gasteiger partial charge in [0, 0.05) is 12.6 Å². The molecule has 1 N–H and O–H groups in total. The van der Waals surface area contributed by atoms with Crippen LogP contribution in [0.1, 0.15) is 36.6 Å². The molecule has 0 unspecified atom stereocenters. The first-order valence-electron chi connectivity index (χ1n) is 7.81. The van der Waals surface area contributed by atoms with Gasteiger partial charge in [-0.05, 0) is 61.6 Å². The van der Waals surface area contributed by atoms with Crippen molar-refractivity contribution in [2.24, 2.45) is 0 Å². The maximum absolute atomic E-state index is 5.93. The van der Waals surface area contributed by atoms with Gasteiger partial charge in [-0.15, -0.1) is 0 Å². The second-order valence-corrected chi connectivity index (χ2v) is 5.49. The fraction of sp³-hybridized carbons (Fsp3) is 0.389. The number of hydrogen-bond acceptors (Lipinski definition) is 3. The van der Waals surface area contributed by atoms with E-state index in [-0.39, 0.29) is 0 Å². The lowest BCUT2D eigenvalue weighted by Crippen LogP contribution is -2.12. The molecule has 0 radical (unpaired) electrons. The van der Waals surface area contributed by atoms with Gasteiger partial charge in [-0.3, -0.25) is 0 Å². The second kappa shape index (κ2) is 6.72. The molecule has 1 aromatic heterocycles. The Bertz CT molecular complexity index is 610. The zero-order valence-corrected chi connectivity index (χ0v) is 12.6. The lowest BCUT2D eigenvalue weighted by atomic mass is 9.92. The van der Waals surface area contributed by atoms with E-state index < -0.39 is 0 Å². The lowest BCUT2D eigenvalue weighted by molar-refractivity contribution is 0.458. The SMILES string of the molecule is CCNCc1cccc(Oc2ccc3c(c2)CCCC3)n1. The fourth-order valence-electron chi connectivity index (χ4n) is 2.76. The summed E-state index contributed by atoms with van der Waals surface area (Å²) < 4.78 is 5.93. The molecule has 0 fully saturated rings. The summed E-state index contributed by atoms with van der Waals surface area (Å²) in [5, 5.41) is 3.28. The van der Waals surface area contributed by atoms with Gasteiger partial charge in [0.15, 0.2) is 0 Å². The average Bonchev–Trinajstić information content (AvgIpc) is 2.53. The van der Waals surface area contributed by atoms with E-state index in [1.807, 2.05) is 18.2 Å². The molecular formula is C18H22N2O. The van der Waals surface area contributed by atoms with Crippen molar-refractivity contribution in [1.29, 1.82) is 0 Å². The number of pyridine rings is 1. The molecule has 1 heterocycles. The van der Waals surface area contributed by atoms with Crippen LogP contribution in [0.2, 0.25) is 0 Å². The summed E-state index contributed by atoms with van der Waals surface area (Å²) in [6, 6.07) is 12.4. The zero-order valence-electron chi connectivity index (χ0n) is 12.6. The largest absolute Gasteiger partial charge is 0.439 e. The molecule has 0 bridgehead atoms. The topological polar surface area (TPSA) is 34.1 Å². The molecule has 0 atom stereocenters. The molecular weight excluding hydrogens is 260 g/mol. The third-order valence-corrected chi connectivity index (χ3v) is 3.88. The van der Waals surface area contributed by atoms with Crippen LogP contribution in [0.5, 0.6) is 11.6 Å². The molecule has 110 valence electrons. The van der Waals surface area contributed by atoms with Crippen LogP contribution >= 0.6 is 0 Å². The van der Waals surface area contributed by atoms with Gasteiger partial charge < -0.3 is 10.1 Å². The Morgan fingerprint density at radius 3 is 2.81 bits per heavy atom. The van der Waals surface area contributed by atoms with Gasteiger partial charge in [-0.2, -0.15) is 0 Å². The van der Waals surface area contributed by atoms with Crippen molar-refractivity contribution in [3.63, 3.8) is 0 Å². The summed E-state index contributed by atoms with van der Waals surface area (Å²) in [6.07, 6.45) is 4.96. The van der Waals surface area contributed by atoms with Gasteiger partial charge >= 0.3 is 0 Å². The van der Waals surface area contributed by atoms with Crippen LogP contribution in [0.15, 0.2) is 36.4 Å². The molecule has 0 aliphatic heterocycles. The van der Waals surface area contributed by atoms with Crippen molar-refractivity contribution in [1.82, 2.24) is 10.3 Å². The maximum Gasteiger partial charge on any atom is 0.219 e. The highest BCUT2D eigenvalue weighted by Gasteiger charge is 2.10. The van der Waals surface area contributed by atoms with Crippen LogP contribution in [-0.2, 0) is 19.4 Å². The Morgan fingerprint density at radius 1 is 1.10 bits per heavy atom. The Kier molecular flexibility index (Phi) is 4.51. The third-order valence-electron chi connectivity index (χ3n) is 3.88. The highest BCUT2D eigenvalue weighted by atomic mass is 16.5. The van der Waals surface area contributed by atoms with Gasteiger partial charge in [-0.25, -0.2) is 4.98 Å². The van der Waals surface area contributed by atoms with E-state index in [0.717, 1.165) is 24.5 Å². The van der Waals surface area contributed by atoms with Gasteiger partial charge in [0.1, 0.15) is 5.75 Å². The number of nitrogens with one attached hydrogen (secondary N) is 1. The maximum atomic E-state index is 5.93. The van der Waals surface area contributed by atoms with Crippen molar-refractivity contribution < 1.29 is 4.74 Å². The van der Waals surface area contributed by atoms with E-state index in [1.165, 1.54) is 36.8 Å². The van der Waals surface area contributed by atoms with E-state index in [2.05, 4.69) is 35.4 Å². The number of nitrogens with zero attached hydrogens (tertiary/aromatic N) is 1. The van der Waals surface area contributed by atoms with E-state index in [1.54, 1.807) is 0 Å². The van der Waals surface area contributed by atoms with Gasteiger partial charge in [-0.1, -0.05) is 19.1 Å². The Balaban J connectivity index is 1.74. The predicted molar refractivity (Wildman–Crippen MR) is 84.8 cm³/mol. The lowest BCUT2D eigenvalue weighted by Gasteiger charge is -2.16. The summed E-state index contributed by atoms with van der Waals surface area (Å²) >= 11 is 0. The number of aromatic nitrogens is 1. The number of fused-ring (bicyclic) bond motifs is 1. The van der Waals surface area contributed by atoms with Crippen molar-refractivity contribution in [3.8, 4) is 11.6 Å². The number of hydrogen-bond donors (Lipinski definition) is 1. The quantitative estimate of drug-likeness (QED) is 0.904. The highest BCUT2D eigenvalue weighted by molar-refractivity contribution is 5.38.